The lowest BCUT2D eigenvalue weighted by Gasteiger charge is -2.09. The number of hydrogen-bond acceptors (Lipinski definition) is 14. The van der Waals surface area contributed by atoms with E-state index in [0.717, 1.165) is 19.3 Å². The highest BCUT2D eigenvalue weighted by atomic mass is 16.6. The van der Waals surface area contributed by atoms with Gasteiger partial charge in [-0.25, -0.2) is 0 Å². The molecule has 0 amide bonds. The van der Waals surface area contributed by atoms with E-state index in [4.69, 9.17) is 61.6 Å². The maximum Gasteiger partial charge on any atom is 0.150 e. The van der Waals surface area contributed by atoms with Gasteiger partial charge in [0.25, 0.3) is 0 Å². The summed E-state index contributed by atoms with van der Waals surface area (Å²) in [4.78, 5) is 10.7. The Hall–Kier alpha value is -1.79. The van der Waals surface area contributed by atoms with Gasteiger partial charge in [0.1, 0.15) is 18.6 Å². The topological polar surface area (TPSA) is 137 Å². The molecule has 0 fully saturated rings. The zero-order valence-electron chi connectivity index (χ0n) is 35.4. The fourth-order valence-electron chi connectivity index (χ4n) is 5.07. The van der Waals surface area contributed by atoms with Gasteiger partial charge in [0.2, 0.25) is 0 Å². The minimum atomic E-state index is 0.430. The van der Waals surface area contributed by atoms with Gasteiger partial charge in [0, 0.05) is 12.2 Å². The molecule has 0 aromatic heterocycles. The number of hydrogen-bond donors (Lipinski definition) is 0. The molecule has 14 heteroatoms. The van der Waals surface area contributed by atoms with Crippen LogP contribution in [0.5, 0.6) is 5.75 Å². The monoisotopic (exact) mass is 819 g/mol. The Morgan fingerprint density at radius 3 is 0.842 bits per heavy atom. The lowest BCUT2D eigenvalue weighted by molar-refractivity contribution is -0.0285. The maximum absolute atomic E-state index is 10.7. The molecule has 0 N–H and O–H groups in total. The average molecular weight is 819 g/mol. The van der Waals surface area contributed by atoms with Crippen LogP contribution < -0.4 is 4.74 Å². The van der Waals surface area contributed by atoms with E-state index in [1.165, 1.54) is 57.8 Å². The van der Waals surface area contributed by atoms with E-state index in [1.54, 1.807) is 24.3 Å². The van der Waals surface area contributed by atoms with E-state index >= 15 is 0 Å². The van der Waals surface area contributed by atoms with Crippen molar-refractivity contribution < 1.29 is 66.4 Å². The quantitative estimate of drug-likeness (QED) is 0.0562. The van der Waals surface area contributed by atoms with Crippen LogP contribution in [0.4, 0.5) is 0 Å². The van der Waals surface area contributed by atoms with Crippen molar-refractivity contribution in [3.8, 4) is 5.75 Å². The van der Waals surface area contributed by atoms with Gasteiger partial charge < -0.3 is 61.6 Å². The van der Waals surface area contributed by atoms with Crippen molar-refractivity contribution in [2.45, 2.75) is 71.1 Å². The molecule has 1 rings (SSSR count). The minimum absolute atomic E-state index is 0.430. The van der Waals surface area contributed by atoms with E-state index in [-0.39, 0.29) is 0 Å². The van der Waals surface area contributed by atoms with Crippen molar-refractivity contribution in [1.29, 1.82) is 0 Å². The summed E-state index contributed by atoms with van der Waals surface area (Å²) in [6, 6.07) is 6.94. The Labute approximate surface area is 344 Å². The van der Waals surface area contributed by atoms with Gasteiger partial charge >= 0.3 is 0 Å². The standard InChI is InChI=1S/C43H78O14/c1-2-3-4-5-6-7-8-9-10-11-16-45-17-18-46-19-20-47-21-22-48-23-24-49-25-26-50-27-28-51-29-30-52-31-32-53-33-34-54-35-36-55-37-38-56-39-40-57-43-14-12-42(41-44)13-15-43/h12-15,41H,2-11,16-40H2,1H3. The summed E-state index contributed by atoms with van der Waals surface area (Å²) >= 11 is 0. The zero-order valence-corrected chi connectivity index (χ0v) is 35.4. The fourth-order valence-corrected chi connectivity index (χ4v) is 5.07. The number of aldehydes is 1. The van der Waals surface area contributed by atoms with Gasteiger partial charge in [0.05, 0.1) is 152 Å². The summed E-state index contributed by atoms with van der Waals surface area (Å²) in [5.74, 6) is 0.704. The largest absolute Gasteiger partial charge is 0.491 e. The Morgan fingerprint density at radius 2 is 0.561 bits per heavy atom. The van der Waals surface area contributed by atoms with Crippen LogP contribution in [0.25, 0.3) is 0 Å². The van der Waals surface area contributed by atoms with E-state index in [0.29, 0.717) is 170 Å². The lowest BCUT2D eigenvalue weighted by Crippen LogP contribution is -2.15. The zero-order chi connectivity index (χ0) is 40.6. The lowest BCUT2D eigenvalue weighted by atomic mass is 10.1. The predicted molar refractivity (Wildman–Crippen MR) is 219 cm³/mol. The summed E-state index contributed by atoms with van der Waals surface area (Å²) in [6.45, 7) is 15.4. The van der Waals surface area contributed by atoms with Crippen LogP contribution in [0.3, 0.4) is 0 Å². The molecular formula is C43H78O14. The minimum Gasteiger partial charge on any atom is -0.491 e. The molecule has 0 aliphatic rings. The van der Waals surface area contributed by atoms with Gasteiger partial charge in [-0.3, -0.25) is 4.79 Å². The molecule has 0 saturated carbocycles. The maximum atomic E-state index is 10.7. The van der Waals surface area contributed by atoms with E-state index < -0.39 is 0 Å². The molecule has 0 unspecified atom stereocenters. The Bertz CT molecular complexity index is 910. The van der Waals surface area contributed by atoms with Crippen LogP contribution >= 0.6 is 0 Å². The normalized spacial score (nSPS) is 11.5. The molecule has 0 radical (unpaired) electrons. The number of ether oxygens (including phenoxy) is 13. The molecule has 0 bridgehead atoms. The third kappa shape index (κ3) is 42.1. The van der Waals surface area contributed by atoms with Crippen molar-refractivity contribution in [2.24, 2.45) is 0 Å². The highest BCUT2D eigenvalue weighted by molar-refractivity contribution is 5.74. The average Bonchev–Trinajstić information content (AvgIpc) is 3.23. The second-order valence-corrected chi connectivity index (χ2v) is 13.1. The first-order valence-corrected chi connectivity index (χ1v) is 21.5. The fraction of sp³-hybridized carbons (Fsp3) is 0.837. The Kier molecular flexibility index (Phi) is 43.8. The SMILES string of the molecule is CCCCCCCCCCCCOCCOCCOCCOCCOCCOCCOCCOCCOCCOCCOCCOCCOc1ccc(C=O)cc1. The van der Waals surface area contributed by atoms with Crippen molar-refractivity contribution in [2.75, 3.05) is 165 Å². The van der Waals surface area contributed by atoms with E-state index in [2.05, 4.69) is 6.92 Å². The molecule has 0 aliphatic heterocycles. The van der Waals surface area contributed by atoms with Gasteiger partial charge in [0.15, 0.2) is 0 Å². The van der Waals surface area contributed by atoms with Crippen molar-refractivity contribution in [1.82, 2.24) is 0 Å². The first kappa shape index (κ1) is 53.2. The summed E-state index contributed by atoms with van der Waals surface area (Å²) in [5.41, 5.74) is 0.618. The molecule has 0 atom stereocenters. The summed E-state index contributed by atoms with van der Waals surface area (Å²) in [6.07, 6.45) is 14.2. The highest BCUT2D eigenvalue weighted by Crippen LogP contribution is 2.11. The number of carbonyl (C=O) groups excluding carboxylic acids is 1. The van der Waals surface area contributed by atoms with Crippen LogP contribution in [-0.2, 0) is 56.8 Å². The molecular weight excluding hydrogens is 740 g/mol. The third-order valence-corrected chi connectivity index (χ3v) is 8.25. The van der Waals surface area contributed by atoms with Crippen LogP contribution in [0.2, 0.25) is 0 Å². The van der Waals surface area contributed by atoms with Crippen LogP contribution in [0.1, 0.15) is 81.5 Å². The number of benzene rings is 1. The third-order valence-electron chi connectivity index (χ3n) is 8.25. The van der Waals surface area contributed by atoms with Gasteiger partial charge in [-0.05, 0) is 30.7 Å². The van der Waals surface area contributed by atoms with Crippen LogP contribution in [-0.4, -0.2) is 171 Å². The molecule has 57 heavy (non-hydrogen) atoms. The molecule has 0 spiro atoms. The first-order valence-electron chi connectivity index (χ1n) is 21.5. The molecule has 0 heterocycles. The van der Waals surface area contributed by atoms with Crippen LogP contribution in [0, 0.1) is 0 Å². The molecule has 14 nitrogen and oxygen atoms in total. The number of unbranched alkanes of at least 4 members (excludes halogenated alkanes) is 9. The highest BCUT2D eigenvalue weighted by Gasteiger charge is 1.99. The predicted octanol–water partition coefficient (Wildman–Crippen LogP) is 6.00. The summed E-state index contributed by atoms with van der Waals surface area (Å²) < 4.78 is 71.8. The molecule has 1 aromatic carbocycles. The van der Waals surface area contributed by atoms with Crippen LogP contribution in [0.15, 0.2) is 24.3 Å². The Balaban J connectivity index is 1.61. The van der Waals surface area contributed by atoms with Gasteiger partial charge in [-0.15, -0.1) is 0 Å². The molecule has 1 aromatic rings. The second-order valence-electron chi connectivity index (χ2n) is 13.1. The summed E-state index contributed by atoms with van der Waals surface area (Å²) in [5, 5.41) is 0. The smallest absolute Gasteiger partial charge is 0.150 e. The second kappa shape index (κ2) is 46.9. The van der Waals surface area contributed by atoms with Gasteiger partial charge in [-0.2, -0.15) is 0 Å². The summed E-state index contributed by atoms with van der Waals surface area (Å²) in [7, 11) is 0. The van der Waals surface area contributed by atoms with Crippen molar-refractivity contribution in [3.63, 3.8) is 0 Å². The molecule has 334 valence electrons. The van der Waals surface area contributed by atoms with Crippen molar-refractivity contribution in [3.05, 3.63) is 29.8 Å². The van der Waals surface area contributed by atoms with Crippen molar-refractivity contribution >= 4 is 6.29 Å². The van der Waals surface area contributed by atoms with E-state index in [1.807, 2.05) is 0 Å². The molecule has 0 aliphatic carbocycles. The Morgan fingerprint density at radius 1 is 0.316 bits per heavy atom. The van der Waals surface area contributed by atoms with Gasteiger partial charge in [-0.1, -0.05) is 64.7 Å². The number of carbonyl (C=O) groups is 1. The number of rotatable bonds is 49. The molecule has 0 saturated heterocycles. The van der Waals surface area contributed by atoms with E-state index in [9.17, 15) is 4.79 Å². The first-order chi connectivity index (χ1) is 28.4.